The third kappa shape index (κ3) is 2.66. The van der Waals surface area contributed by atoms with E-state index in [9.17, 15) is 13.2 Å². The van der Waals surface area contributed by atoms with E-state index >= 15 is 0 Å². The van der Waals surface area contributed by atoms with E-state index in [1.165, 1.54) is 14.1 Å². The van der Waals surface area contributed by atoms with Crippen molar-refractivity contribution >= 4 is 26.7 Å². The fourth-order valence-electron chi connectivity index (χ4n) is 1.95. The van der Waals surface area contributed by atoms with E-state index in [4.69, 9.17) is 0 Å². The number of likely N-dealkylation sites (N-methyl/N-ethyl adjacent to an activating group) is 2. The van der Waals surface area contributed by atoms with Crippen LogP contribution in [0.1, 0.15) is 0 Å². The predicted molar refractivity (Wildman–Crippen MR) is 77.8 cm³/mol. The minimum Gasteiger partial charge on any atom is -0.358 e. The second kappa shape index (κ2) is 5.60. The Labute approximate surface area is 118 Å². The molecule has 1 N–H and O–H groups in total. The van der Waals surface area contributed by atoms with Crippen LogP contribution in [0.25, 0.3) is 10.8 Å². The summed E-state index contributed by atoms with van der Waals surface area (Å²) in [6.45, 7) is -0.206. The van der Waals surface area contributed by atoms with Crippen LogP contribution < -0.4 is 5.32 Å². The van der Waals surface area contributed by atoms with Gasteiger partial charge in [0.2, 0.25) is 15.9 Å². The third-order valence-electron chi connectivity index (χ3n) is 3.08. The molecule has 0 saturated heterocycles. The molecule has 0 fully saturated rings. The molecule has 0 aliphatic heterocycles. The molecule has 0 aliphatic rings. The van der Waals surface area contributed by atoms with Gasteiger partial charge in [-0.3, -0.25) is 4.79 Å². The number of hydrogen-bond acceptors (Lipinski definition) is 3. The fourth-order valence-corrected chi connectivity index (χ4v) is 3.29. The number of nitrogens with one attached hydrogen (secondary N) is 1. The molecule has 0 saturated carbocycles. The van der Waals surface area contributed by atoms with E-state index in [0.29, 0.717) is 5.39 Å². The largest absolute Gasteiger partial charge is 0.358 e. The van der Waals surface area contributed by atoms with E-state index in [0.717, 1.165) is 9.69 Å². The molecule has 2 rings (SSSR count). The van der Waals surface area contributed by atoms with Gasteiger partial charge in [0.15, 0.2) is 0 Å². The van der Waals surface area contributed by atoms with Crippen LogP contribution in [-0.4, -0.2) is 39.3 Å². The summed E-state index contributed by atoms with van der Waals surface area (Å²) >= 11 is 0. The van der Waals surface area contributed by atoms with Gasteiger partial charge in [-0.2, -0.15) is 4.31 Å². The van der Waals surface area contributed by atoms with Crippen LogP contribution >= 0.6 is 0 Å². The lowest BCUT2D eigenvalue weighted by molar-refractivity contribution is -0.120. The minimum absolute atomic E-state index is 0.206. The number of carbonyl (C=O) groups excluding carboxylic acids is 1. The molecule has 5 nitrogen and oxygen atoms in total. The molecule has 0 radical (unpaired) electrons. The first kappa shape index (κ1) is 14.5. The summed E-state index contributed by atoms with van der Waals surface area (Å²) in [6, 6.07) is 12.4. The molecular weight excluding hydrogens is 276 g/mol. The van der Waals surface area contributed by atoms with Crippen molar-refractivity contribution in [2.75, 3.05) is 20.6 Å². The van der Waals surface area contributed by atoms with Crippen molar-refractivity contribution in [2.45, 2.75) is 4.90 Å². The summed E-state index contributed by atoms with van der Waals surface area (Å²) in [6.07, 6.45) is 0. The summed E-state index contributed by atoms with van der Waals surface area (Å²) < 4.78 is 26.1. The lowest BCUT2D eigenvalue weighted by Crippen LogP contribution is -2.36. The molecule has 0 bridgehead atoms. The Morgan fingerprint density at radius 3 is 2.50 bits per heavy atom. The molecule has 0 atom stereocenters. The summed E-state index contributed by atoms with van der Waals surface area (Å²) in [5, 5.41) is 3.91. The predicted octanol–water partition coefficient (Wildman–Crippen LogP) is 1.21. The molecule has 1 amide bonds. The standard InChI is InChI=1S/C14H16N2O3S/c1-15-14(17)10-16(2)20(18,19)13-9-5-7-11-6-3-4-8-12(11)13/h3-9H,10H2,1-2H3,(H,15,17). The van der Waals surface area contributed by atoms with Gasteiger partial charge in [0.05, 0.1) is 11.4 Å². The number of hydrogen-bond donors (Lipinski definition) is 1. The zero-order chi connectivity index (χ0) is 14.8. The van der Waals surface area contributed by atoms with Crippen molar-refractivity contribution < 1.29 is 13.2 Å². The van der Waals surface area contributed by atoms with Crippen LogP contribution in [-0.2, 0) is 14.8 Å². The lowest BCUT2D eigenvalue weighted by atomic mass is 10.1. The molecule has 20 heavy (non-hydrogen) atoms. The second-order valence-electron chi connectivity index (χ2n) is 4.41. The van der Waals surface area contributed by atoms with Gasteiger partial charge in [0.25, 0.3) is 0 Å². The van der Waals surface area contributed by atoms with E-state index in [-0.39, 0.29) is 17.3 Å². The normalized spacial score (nSPS) is 11.8. The van der Waals surface area contributed by atoms with Gasteiger partial charge < -0.3 is 5.32 Å². The van der Waals surface area contributed by atoms with Gasteiger partial charge in [-0.25, -0.2) is 8.42 Å². The van der Waals surface area contributed by atoms with Gasteiger partial charge in [0, 0.05) is 19.5 Å². The Balaban J connectivity index is 2.49. The molecular formula is C14H16N2O3S. The Hall–Kier alpha value is -1.92. The molecule has 6 heteroatoms. The Bertz CT molecular complexity index is 736. The number of rotatable bonds is 4. The first-order valence-corrected chi connectivity index (χ1v) is 7.55. The molecule has 0 spiro atoms. The zero-order valence-corrected chi connectivity index (χ0v) is 12.1. The topological polar surface area (TPSA) is 66.5 Å². The summed E-state index contributed by atoms with van der Waals surface area (Å²) in [7, 11) is -0.830. The van der Waals surface area contributed by atoms with Crippen LogP contribution in [0, 0.1) is 0 Å². The van der Waals surface area contributed by atoms with Crippen molar-refractivity contribution in [3.8, 4) is 0 Å². The van der Waals surface area contributed by atoms with Crippen LogP contribution in [0.2, 0.25) is 0 Å². The maximum Gasteiger partial charge on any atom is 0.243 e. The van der Waals surface area contributed by atoms with Crippen LogP contribution in [0.3, 0.4) is 0 Å². The quantitative estimate of drug-likeness (QED) is 0.921. The summed E-state index contributed by atoms with van der Waals surface area (Å²) in [5.74, 6) is -0.351. The number of amides is 1. The monoisotopic (exact) mass is 292 g/mol. The number of benzene rings is 2. The SMILES string of the molecule is CNC(=O)CN(C)S(=O)(=O)c1cccc2ccccc12. The zero-order valence-electron chi connectivity index (χ0n) is 11.3. The molecule has 0 aromatic heterocycles. The van der Waals surface area contributed by atoms with E-state index < -0.39 is 10.0 Å². The first-order valence-electron chi connectivity index (χ1n) is 6.11. The number of sulfonamides is 1. The maximum atomic E-state index is 12.5. The van der Waals surface area contributed by atoms with Gasteiger partial charge in [-0.15, -0.1) is 0 Å². The molecule has 0 aliphatic carbocycles. The first-order chi connectivity index (χ1) is 9.46. The van der Waals surface area contributed by atoms with Gasteiger partial charge in [-0.05, 0) is 11.5 Å². The van der Waals surface area contributed by atoms with Crippen molar-refractivity contribution in [2.24, 2.45) is 0 Å². The van der Waals surface area contributed by atoms with Crippen LogP contribution in [0.4, 0.5) is 0 Å². The molecule has 2 aromatic rings. The summed E-state index contributed by atoms with van der Waals surface area (Å²) in [5.41, 5.74) is 0. The van der Waals surface area contributed by atoms with E-state index in [2.05, 4.69) is 5.32 Å². The van der Waals surface area contributed by atoms with Gasteiger partial charge in [0.1, 0.15) is 0 Å². The van der Waals surface area contributed by atoms with Crippen LogP contribution in [0.5, 0.6) is 0 Å². The molecule has 0 unspecified atom stereocenters. The van der Waals surface area contributed by atoms with Crippen molar-refractivity contribution in [3.05, 3.63) is 42.5 Å². The molecule has 2 aromatic carbocycles. The highest BCUT2D eigenvalue weighted by molar-refractivity contribution is 7.89. The van der Waals surface area contributed by atoms with Gasteiger partial charge in [-0.1, -0.05) is 36.4 Å². The van der Waals surface area contributed by atoms with E-state index in [1.807, 2.05) is 18.2 Å². The summed E-state index contributed by atoms with van der Waals surface area (Å²) in [4.78, 5) is 11.6. The molecule has 0 heterocycles. The highest BCUT2D eigenvalue weighted by Crippen LogP contribution is 2.24. The second-order valence-corrected chi connectivity index (χ2v) is 6.42. The Morgan fingerprint density at radius 2 is 1.80 bits per heavy atom. The van der Waals surface area contributed by atoms with E-state index in [1.54, 1.807) is 24.3 Å². The smallest absolute Gasteiger partial charge is 0.243 e. The van der Waals surface area contributed by atoms with Gasteiger partial charge >= 0.3 is 0 Å². The number of carbonyl (C=O) groups is 1. The Kier molecular flexibility index (Phi) is 4.06. The average molecular weight is 292 g/mol. The van der Waals surface area contributed by atoms with Crippen molar-refractivity contribution in [3.63, 3.8) is 0 Å². The third-order valence-corrected chi connectivity index (χ3v) is 4.94. The van der Waals surface area contributed by atoms with Crippen LogP contribution in [0.15, 0.2) is 47.4 Å². The highest BCUT2D eigenvalue weighted by Gasteiger charge is 2.24. The number of fused-ring (bicyclic) bond motifs is 1. The van der Waals surface area contributed by atoms with Crippen molar-refractivity contribution in [1.29, 1.82) is 0 Å². The average Bonchev–Trinajstić information content (AvgIpc) is 2.46. The fraction of sp³-hybridized carbons (Fsp3) is 0.214. The number of nitrogens with zero attached hydrogens (tertiary/aromatic N) is 1. The van der Waals surface area contributed by atoms with Crippen molar-refractivity contribution in [1.82, 2.24) is 9.62 Å². The highest BCUT2D eigenvalue weighted by atomic mass is 32.2. The molecule has 106 valence electrons. The maximum absolute atomic E-state index is 12.5. The minimum atomic E-state index is -3.70. The lowest BCUT2D eigenvalue weighted by Gasteiger charge is -2.17. The Morgan fingerprint density at radius 1 is 1.15 bits per heavy atom.